The Morgan fingerprint density at radius 3 is 2.11 bits per heavy atom. The van der Waals surface area contributed by atoms with E-state index >= 15 is 0 Å². The minimum Gasteiger partial charge on any atom is -0.464 e. The Morgan fingerprint density at radius 1 is 1.11 bits per heavy atom. The topological polar surface area (TPSA) is 98.7 Å². The Kier molecular flexibility index (Phi) is 7.35. The number of nitrogens with zero attached hydrogens (tertiary/aromatic N) is 3. The number of ether oxygens (including phenoxy) is 2. The third-order valence-corrected chi connectivity index (χ3v) is 3.94. The zero-order valence-electron chi connectivity index (χ0n) is 16.3. The Bertz CT molecular complexity index is 728. The van der Waals surface area contributed by atoms with E-state index in [9.17, 15) is 14.4 Å². The fourth-order valence-corrected chi connectivity index (χ4v) is 2.31. The highest BCUT2D eigenvalue weighted by Crippen LogP contribution is 2.29. The first kappa shape index (κ1) is 23.3. The number of carbonyl (C=O) groups is 3. The van der Waals surface area contributed by atoms with Gasteiger partial charge in [0, 0.05) is 6.42 Å². The monoisotopic (exact) mass is 463 g/mol. The maximum Gasteiger partial charge on any atom is 0.423 e. The predicted molar refractivity (Wildman–Crippen MR) is 104 cm³/mol. The van der Waals surface area contributed by atoms with Crippen molar-refractivity contribution in [3.8, 4) is 0 Å². The van der Waals surface area contributed by atoms with Crippen molar-refractivity contribution in [2.24, 2.45) is 5.41 Å². The van der Waals surface area contributed by atoms with Crippen LogP contribution in [0.2, 0.25) is 5.15 Å². The van der Waals surface area contributed by atoms with Crippen molar-refractivity contribution in [2.75, 3.05) is 12.0 Å². The summed E-state index contributed by atoms with van der Waals surface area (Å²) in [4.78, 5) is 46.4. The van der Waals surface area contributed by atoms with Crippen LogP contribution >= 0.6 is 27.5 Å². The van der Waals surface area contributed by atoms with Gasteiger partial charge in [0.05, 0.1) is 7.11 Å². The van der Waals surface area contributed by atoms with Crippen LogP contribution in [0.1, 0.15) is 58.5 Å². The van der Waals surface area contributed by atoms with Gasteiger partial charge in [-0.2, -0.15) is 4.90 Å². The van der Waals surface area contributed by atoms with Gasteiger partial charge in [0.2, 0.25) is 5.91 Å². The molecule has 0 aliphatic rings. The first-order chi connectivity index (χ1) is 12.2. The number of amides is 2. The van der Waals surface area contributed by atoms with Crippen molar-refractivity contribution in [3.63, 3.8) is 0 Å². The second kappa shape index (κ2) is 8.52. The molecule has 0 atom stereocenters. The van der Waals surface area contributed by atoms with E-state index in [-0.39, 0.29) is 27.7 Å². The summed E-state index contributed by atoms with van der Waals surface area (Å²) in [6.45, 7) is 10.5. The van der Waals surface area contributed by atoms with Crippen LogP contribution in [-0.4, -0.2) is 40.6 Å². The summed E-state index contributed by atoms with van der Waals surface area (Å²) in [5.74, 6) is -1.85. The summed E-state index contributed by atoms with van der Waals surface area (Å²) in [5, 5.41) is -0.130. The quantitative estimate of drug-likeness (QED) is 0.612. The van der Waals surface area contributed by atoms with Gasteiger partial charge in [-0.3, -0.25) is 4.79 Å². The molecule has 8 nitrogen and oxygen atoms in total. The molecule has 0 fully saturated rings. The Morgan fingerprint density at radius 2 is 1.67 bits per heavy atom. The Hall–Kier alpha value is -1.74. The summed E-state index contributed by atoms with van der Waals surface area (Å²) in [6, 6.07) is 0. The summed E-state index contributed by atoms with van der Waals surface area (Å²) in [7, 11) is 1.14. The third-order valence-electron chi connectivity index (χ3n) is 2.89. The second-order valence-electron chi connectivity index (χ2n) is 7.92. The van der Waals surface area contributed by atoms with Gasteiger partial charge in [-0.15, -0.1) is 0 Å². The van der Waals surface area contributed by atoms with E-state index in [0.717, 1.165) is 7.11 Å². The van der Waals surface area contributed by atoms with E-state index in [0.29, 0.717) is 4.90 Å². The minimum absolute atomic E-state index is 0.0117. The zero-order valence-corrected chi connectivity index (χ0v) is 18.7. The molecule has 2 amide bonds. The molecule has 1 aromatic heterocycles. The van der Waals surface area contributed by atoms with E-state index in [1.54, 1.807) is 20.8 Å². The molecule has 0 radical (unpaired) electrons. The summed E-state index contributed by atoms with van der Waals surface area (Å²) in [5.41, 5.74) is -1.66. The SMILES string of the molecule is COC(=O)c1nc(Br)c(Cl)nc1N(C(=O)CC(C)(C)C)C(=O)OC(C)(C)C. The highest BCUT2D eigenvalue weighted by Gasteiger charge is 2.36. The van der Waals surface area contributed by atoms with E-state index in [4.69, 9.17) is 16.3 Å². The summed E-state index contributed by atoms with van der Waals surface area (Å²) < 4.78 is 10.1. The van der Waals surface area contributed by atoms with Crippen LogP contribution in [0.3, 0.4) is 0 Å². The van der Waals surface area contributed by atoms with Crippen molar-refractivity contribution in [3.05, 3.63) is 15.5 Å². The summed E-state index contributed by atoms with van der Waals surface area (Å²) >= 11 is 9.06. The predicted octanol–water partition coefficient (Wildman–Crippen LogP) is 4.38. The van der Waals surface area contributed by atoms with Crippen molar-refractivity contribution >= 4 is 51.3 Å². The maximum absolute atomic E-state index is 12.9. The molecule has 1 rings (SSSR count). The lowest BCUT2D eigenvalue weighted by Gasteiger charge is -2.28. The van der Waals surface area contributed by atoms with Crippen LogP contribution in [-0.2, 0) is 14.3 Å². The molecular formula is C17H23BrClN3O5. The maximum atomic E-state index is 12.9. The molecule has 0 N–H and O–H groups in total. The normalized spacial score (nSPS) is 11.7. The van der Waals surface area contributed by atoms with Gasteiger partial charge in [-0.1, -0.05) is 32.4 Å². The van der Waals surface area contributed by atoms with E-state index in [2.05, 4.69) is 30.6 Å². The van der Waals surface area contributed by atoms with Gasteiger partial charge in [-0.25, -0.2) is 19.6 Å². The number of halogens is 2. The van der Waals surface area contributed by atoms with Crippen LogP contribution in [0.15, 0.2) is 4.60 Å². The molecule has 0 aromatic carbocycles. The number of carbonyl (C=O) groups excluding carboxylic acids is 3. The standard InChI is InChI=1S/C17H23BrClN3O5/c1-16(2,3)8-9(23)22(15(25)27-17(4,5)6)13-10(14(24)26-7)20-11(18)12(19)21-13/h8H2,1-7H3. The van der Waals surface area contributed by atoms with Crippen LogP contribution < -0.4 is 4.90 Å². The van der Waals surface area contributed by atoms with Crippen molar-refractivity contribution < 1.29 is 23.9 Å². The molecule has 0 aliphatic carbocycles. The van der Waals surface area contributed by atoms with Gasteiger partial charge in [-0.05, 0) is 42.1 Å². The van der Waals surface area contributed by atoms with Gasteiger partial charge in [0.25, 0.3) is 0 Å². The lowest BCUT2D eigenvalue weighted by Crippen LogP contribution is -2.43. The van der Waals surface area contributed by atoms with Gasteiger partial charge < -0.3 is 9.47 Å². The smallest absolute Gasteiger partial charge is 0.423 e. The molecular weight excluding hydrogens is 442 g/mol. The molecule has 150 valence electrons. The first-order valence-corrected chi connectivity index (χ1v) is 9.20. The Labute approximate surface area is 171 Å². The molecule has 1 heterocycles. The number of aromatic nitrogens is 2. The molecule has 27 heavy (non-hydrogen) atoms. The lowest BCUT2D eigenvalue weighted by molar-refractivity contribution is -0.120. The fourth-order valence-electron chi connectivity index (χ4n) is 1.92. The molecule has 0 spiro atoms. The number of hydrogen-bond donors (Lipinski definition) is 0. The average Bonchev–Trinajstić information content (AvgIpc) is 2.46. The first-order valence-electron chi connectivity index (χ1n) is 8.03. The average molecular weight is 465 g/mol. The lowest BCUT2D eigenvalue weighted by atomic mass is 9.91. The van der Waals surface area contributed by atoms with Crippen LogP contribution in [0.25, 0.3) is 0 Å². The molecule has 0 unspecified atom stereocenters. The van der Waals surface area contributed by atoms with E-state index < -0.39 is 29.0 Å². The highest BCUT2D eigenvalue weighted by atomic mass is 79.9. The van der Waals surface area contributed by atoms with Gasteiger partial charge >= 0.3 is 12.1 Å². The number of esters is 1. The van der Waals surface area contributed by atoms with Crippen molar-refractivity contribution in [2.45, 2.75) is 53.6 Å². The Balaban J connectivity index is 3.59. The molecule has 0 saturated carbocycles. The molecule has 0 saturated heterocycles. The van der Waals surface area contributed by atoms with Crippen molar-refractivity contribution in [1.82, 2.24) is 9.97 Å². The van der Waals surface area contributed by atoms with Crippen molar-refractivity contribution in [1.29, 1.82) is 0 Å². The zero-order chi connectivity index (χ0) is 21.2. The molecule has 0 bridgehead atoms. The number of rotatable bonds is 3. The number of imide groups is 1. The van der Waals surface area contributed by atoms with E-state index in [1.165, 1.54) is 0 Å². The molecule has 10 heteroatoms. The molecule has 0 aliphatic heterocycles. The number of anilines is 1. The second-order valence-corrected chi connectivity index (χ2v) is 9.03. The van der Waals surface area contributed by atoms with E-state index in [1.807, 2.05) is 20.8 Å². The highest BCUT2D eigenvalue weighted by molar-refractivity contribution is 9.10. The number of methoxy groups -OCH3 is 1. The summed E-state index contributed by atoms with van der Waals surface area (Å²) in [6.07, 6.45) is -1.00. The minimum atomic E-state index is -0.991. The van der Waals surface area contributed by atoms with Gasteiger partial charge in [0.15, 0.2) is 16.7 Å². The third kappa shape index (κ3) is 6.73. The van der Waals surface area contributed by atoms with Crippen LogP contribution in [0.5, 0.6) is 0 Å². The van der Waals surface area contributed by atoms with Crippen LogP contribution in [0, 0.1) is 5.41 Å². The number of hydrogen-bond acceptors (Lipinski definition) is 7. The van der Waals surface area contributed by atoms with Gasteiger partial charge in [0.1, 0.15) is 10.2 Å². The fraction of sp³-hybridized carbons (Fsp3) is 0.588. The van der Waals surface area contributed by atoms with Crippen LogP contribution in [0.4, 0.5) is 10.6 Å². The largest absolute Gasteiger partial charge is 0.464 e. The molecule has 1 aromatic rings.